The second kappa shape index (κ2) is 6.40. The van der Waals surface area contributed by atoms with Crippen molar-refractivity contribution in [2.75, 3.05) is 26.3 Å². The largest absolute Gasteiger partial charge is 0.507 e. The summed E-state index contributed by atoms with van der Waals surface area (Å²) in [5, 5.41) is 10.8. The number of hydrogen-bond donors (Lipinski definition) is 1. The van der Waals surface area contributed by atoms with Gasteiger partial charge in [0.15, 0.2) is 0 Å². The number of benzene rings is 1. The Morgan fingerprint density at radius 2 is 1.43 bits per heavy atom. The van der Waals surface area contributed by atoms with E-state index < -0.39 is 0 Å². The van der Waals surface area contributed by atoms with Gasteiger partial charge in [0, 0.05) is 29.8 Å². The third kappa shape index (κ3) is 4.04. The Bertz CT molecular complexity index is 555. The molecule has 0 aromatic heterocycles. The molecule has 1 fully saturated rings. The summed E-state index contributed by atoms with van der Waals surface area (Å²) in [5.74, 6) is 0.401. The zero-order chi connectivity index (χ0) is 17.4. The number of morpholine rings is 1. The maximum absolute atomic E-state index is 10.8. The average Bonchev–Trinajstić information content (AvgIpc) is 2.45. The molecule has 1 aromatic carbocycles. The number of aromatic hydroxyl groups is 1. The predicted molar refractivity (Wildman–Crippen MR) is 99.6 cm³/mol. The quantitative estimate of drug-likeness (QED) is 0.787. The highest BCUT2D eigenvalue weighted by Gasteiger charge is 2.28. The monoisotopic (exact) mass is 335 g/mol. The molecule has 1 aliphatic heterocycles. The molecule has 0 radical (unpaired) electrons. The lowest BCUT2D eigenvalue weighted by atomic mass is 9.78. The third-order valence-electron chi connectivity index (χ3n) is 4.27. The fourth-order valence-electron chi connectivity index (χ4n) is 2.85. The van der Waals surface area contributed by atoms with E-state index in [0.717, 1.165) is 48.0 Å². The molecule has 128 valence electrons. The summed E-state index contributed by atoms with van der Waals surface area (Å²) in [7, 11) is 0. The van der Waals surface area contributed by atoms with E-state index in [9.17, 15) is 5.11 Å². The van der Waals surface area contributed by atoms with Crippen LogP contribution in [0, 0.1) is 0 Å². The maximum Gasteiger partial charge on any atom is 0.123 e. The van der Waals surface area contributed by atoms with Crippen molar-refractivity contribution in [2.45, 2.75) is 52.4 Å². The van der Waals surface area contributed by atoms with Gasteiger partial charge in [-0.15, -0.1) is 0 Å². The van der Waals surface area contributed by atoms with E-state index >= 15 is 0 Å². The Morgan fingerprint density at radius 3 is 1.83 bits per heavy atom. The molecule has 1 N–H and O–H groups in total. The fraction of sp³-hybridized carbons (Fsp3) is 0.632. The van der Waals surface area contributed by atoms with E-state index in [0.29, 0.717) is 5.75 Å². The molecule has 0 aliphatic carbocycles. The van der Waals surface area contributed by atoms with Crippen molar-refractivity contribution in [2.24, 2.45) is 0 Å². The van der Waals surface area contributed by atoms with Crippen molar-refractivity contribution in [3.8, 4) is 5.75 Å². The number of ether oxygens (including phenoxy) is 1. The topological polar surface area (TPSA) is 32.7 Å². The molecule has 1 heterocycles. The number of phenols is 1. The van der Waals surface area contributed by atoms with E-state index in [-0.39, 0.29) is 10.8 Å². The smallest absolute Gasteiger partial charge is 0.123 e. The molecule has 0 spiro atoms. The van der Waals surface area contributed by atoms with E-state index in [1.165, 1.54) is 0 Å². The van der Waals surface area contributed by atoms with Crippen LogP contribution in [0.3, 0.4) is 0 Å². The minimum atomic E-state index is -0.138. The van der Waals surface area contributed by atoms with Crippen LogP contribution in [-0.4, -0.2) is 41.3 Å². The average molecular weight is 336 g/mol. The highest BCUT2D eigenvalue weighted by atomic mass is 32.1. The van der Waals surface area contributed by atoms with E-state index in [4.69, 9.17) is 17.0 Å². The maximum atomic E-state index is 10.8. The molecule has 23 heavy (non-hydrogen) atoms. The van der Waals surface area contributed by atoms with Crippen LogP contribution >= 0.6 is 12.2 Å². The Balaban J connectivity index is 2.53. The van der Waals surface area contributed by atoms with Crippen LogP contribution in [0.4, 0.5) is 0 Å². The molecule has 4 heteroatoms. The van der Waals surface area contributed by atoms with E-state index in [1.807, 2.05) is 0 Å². The van der Waals surface area contributed by atoms with Crippen molar-refractivity contribution in [1.29, 1.82) is 0 Å². The normalized spacial score (nSPS) is 16.5. The van der Waals surface area contributed by atoms with Crippen LogP contribution in [-0.2, 0) is 15.6 Å². The SMILES string of the molecule is CC(C)(C)c1cc(C(=S)N2CCOCC2)cc(C(C)(C)C)c1O. The number of nitrogens with zero attached hydrogens (tertiary/aromatic N) is 1. The van der Waals surface area contributed by atoms with Gasteiger partial charge < -0.3 is 14.7 Å². The van der Waals surface area contributed by atoms with Gasteiger partial charge in [-0.25, -0.2) is 0 Å². The lowest BCUT2D eigenvalue weighted by Gasteiger charge is -2.32. The van der Waals surface area contributed by atoms with Gasteiger partial charge in [-0.05, 0) is 23.0 Å². The van der Waals surface area contributed by atoms with Crippen LogP contribution in [0.2, 0.25) is 0 Å². The van der Waals surface area contributed by atoms with E-state index in [1.54, 1.807) is 0 Å². The van der Waals surface area contributed by atoms with Gasteiger partial charge in [-0.2, -0.15) is 0 Å². The van der Waals surface area contributed by atoms with Crippen LogP contribution in [0.15, 0.2) is 12.1 Å². The molecule has 0 saturated carbocycles. The van der Waals surface area contributed by atoms with Gasteiger partial charge in [0.05, 0.1) is 13.2 Å². The van der Waals surface area contributed by atoms with Crippen LogP contribution in [0.5, 0.6) is 5.75 Å². The zero-order valence-corrected chi connectivity index (χ0v) is 16.0. The van der Waals surface area contributed by atoms with Crippen LogP contribution in [0.25, 0.3) is 0 Å². The summed E-state index contributed by atoms with van der Waals surface area (Å²) < 4.78 is 5.42. The van der Waals surface area contributed by atoms with Gasteiger partial charge in [0.2, 0.25) is 0 Å². The van der Waals surface area contributed by atoms with Gasteiger partial charge >= 0.3 is 0 Å². The predicted octanol–water partition coefficient (Wildman–Crippen LogP) is 3.99. The molecule has 3 nitrogen and oxygen atoms in total. The highest BCUT2D eigenvalue weighted by Crippen LogP contribution is 2.40. The number of phenolic OH excluding ortho intramolecular Hbond substituents is 1. The summed E-state index contributed by atoms with van der Waals surface area (Å²) in [4.78, 5) is 3.05. The minimum absolute atomic E-state index is 0.138. The first-order valence-corrected chi connectivity index (χ1v) is 8.67. The number of thiocarbonyl (C=S) groups is 1. The summed E-state index contributed by atoms with van der Waals surface area (Å²) in [6.45, 7) is 15.8. The lowest BCUT2D eigenvalue weighted by molar-refractivity contribution is 0.0693. The van der Waals surface area contributed by atoms with Gasteiger partial charge in [0.25, 0.3) is 0 Å². The fourth-order valence-corrected chi connectivity index (χ4v) is 3.15. The Morgan fingerprint density at radius 1 is 1.00 bits per heavy atom. The minimum Gasteiger partial charge on any atom is -0.507 e. The van der Waals surface area contributed by atoms with E-state index in [2.05, 4.69) is 58.6 Å². The molecule has 0 unspecified atom stereocenters. The second-order valence-corrected chi connectivity index (χ2v) is 8.71. The third-order valence-corrected chi connectivity index (χ3v) is 4.77. The van der Waals surface area contributed by atoms with Crippen molar-refractivity contribution < 1.29 is 9.84 Å². The second-order valence-electron chi connectivity index (χ2n) is 8.32. The number of hydrogen-bond acceptors (Lipinski definition) is 3. The van der Waals surface area contributed by atoms with Crippen molar-refractivity contribution in [3.63, 3.8) is 0 Å². The number of rotatable bonds is 1. The van der Waals surface area contributed by atoms with Gasteiger partial charge in [-0.3, -0.25) is 0 Å². The molecule has 1 aliphatic rings. The first-order valence-electron chi connectivity index (χ1n) is 8.27. The Hall–Kier alpha value is -1.13. The molecule has 2 rings (SSSR count). The first-order chi connectivity index (χ1) is 10.5. The Kier molecular flexibility index (Phi) is 5.07. The van der Waals surface area contributed by atoms with Crippen molar-refractivity contribution >= 4 is 17.2 Å². The molecular weight excluding hydrogens is 306 g/mol. The Labute approximate surface area is 145 Å². The summed E-state index contributed by atoms with van der Waals surface area (Å²) in [6, 6.07) is 4.12. The van der Waals surface area contributed by atoms with Crippen molar-refractivity contribution in [1.82, 2.24) is 4.90 Å². The van der Waals surface area contributed by atoms with Gasteiger partial charge in [0.1, 0.15) is 10.7 Å². The van der Waals surface area contributed by atoms with Gasteiger partial charge in [-0.1, -0.05) is 53.8 Å². The molecule has 0 atom stereocenters. The molecule has 0 amide bonds. The molecule has 1 saturated heterocycles. The standard InChI is InChI=1S/C19H29NO2S/c1-18(2,3)14-11-13(12-15(16(14)21)19(4,5)6)17(23)20-7-9-22-10-8-20/h11-12,21H,7-10H2,1-6H3. The van der Waals surface area contributed by atoms with Crippen LogP contribution < -0.4 is 0 Å². The molecule has 0 bridgehead atoms. The summed E-state index contributed by atoms with van der Waals surface area (Å²) in [6.07, 6.45) is 0. The van der Waals surface area contributed by atoms with Crippen LogP contribution in [0.1, 0.15) is 58.2 Å². The molecular formula is C19H29NO2S. The first kappa shape index (κ1) is 18.2. The summed E-state index contributed by atoms with van der Waals surface area (Å²) in [5.41, 5.74) is 2.65. The van der Waals surface area contributed by atoms with Crippen molar-refractivity contribution in [3.05, 3.63) is 28.8 Å². The zero-order valence-electron chi connectivity index (χ0n) is 15.2. The summed E-state index contributed by atoms with van der Waals surface area (Å²) >= 11 is 5.74. The lowest BCUT2D eigenvalue weighted by Crippen LogP contribution is -2.40. The highest BCUT2D eigenvalue weighted by molar-refractivity contribution is 7.80. The molecule has 1 aromatic rings.